The van der Waals surface area contributed by atoms with Gasteiger partial charge in [0.1, 0.15) is 5.75 Å². The number of rotatable bonds is 2. The van der Waals surface area contributed by atoms with E-state index >= 15 is 0 Å². The van der Waals surface area contributed by atoms with Crippen molar-refractivity contribution in [2.45, 2.75) is 32.5 Å². The first-order valence-electron chi connectivity index (χ1n) is 5.67. The highest BCUT2D eigenvalue weighted by Crippen LogP contribution is 2.59. The molecule has 1 fully saturated rings. The van der Waals surface area contributed by atoms with Gasteiger partial charge in [-0.1, -0.05) is 18.2 Å². The Hall–Kier alpha value is -1.32. The van der Waals surface area contributed by atoms with Crippen LogP contribution in [0.1, 0.15) is 29.5 Å². The molecule has 17 heavy (non-hydrogen) atoms. The summed E-state index contributed by atoms with van der Waals surface area (Å²) in [6.07, 6.45) is 0. The zero-order valence-corrected chi connectivity index (χ0v) is 10.4. The van der Waals surface area contributed by atoms with E-state index in [2.05, 4.69) is 6.58 Å². The molecule has 3 nitrogen and oxygen atoms in total. The number of aromatic hydroxyl groups is 1. The van der Waals surface area contributed by atoms with Crippen LogP contribution in [0.5, 0.6) is 5.75 Å². The quantitative estimate of drug-likeness (QED) is 0.541. The predicted octanol–water partition coefficient (Wildman–Crippen LogP) is 1.98. The standard InChI is InChI=1S/C14H18O3/c1-7(2)12-13(14(12,16)17)10-5-9(4)11(15)6-8(10)3/h5-6,12-13,15-17H,1H2,2-4H3. The number of phenols is 1. The number of aliphatic hydroxyl groups is 2. The van der Waals surface area contributed by atoms with E-state index in [1.54, 1.807) is 19.9 Å². The van der Waals surface area contributed by atoms with Gasteiger partial charge >= 0.3 is 0 Å². The lowest BCUT2D eigenvalue weighted by Gasteiger charge is -2.09. The van der Waals surface area contributed by atoms with Crippen molar-refractivity contribution in [1.82, 2.24) is 0 Å². The minimum absolute atomic E-state index is 0.236. The van der Waals surface area contributed by atoms with E-state index in [4.69, 9.17) is 0 Å². The van der Waals surface area contributed by atoms with Gasteiger partial charge in [-0.05, 0) is 43.5 Å². The monoisotopic (exact) mass is 234 g/mol. The fourth-order valence-corrected chi connectivity index (χ4v) is 2.58. The van der Waals surface area contributed by atoms with Crippen molar-refractivity contribution in [3.05, 3.63) is 41.0 Å². The maximum atomic E-state index is 9.89. The highest BCUT2D eigenvalue weighted by molar-refractivity contribution is 5.47. The molecule has 0 heterocycles. The normalized spacial score (nSPS) is 25.7. The minimum atomic E-state index is -1.69. The summed E-state index contributed by atoms with van der Waals surface area (Å²) in [5, 5.41) is 29.4. The van der Waals surface area contributed by atoms with Crippen LogP contribution in [-0.2, 0) is 0 Å². The van der Waals surface area contributed by atoms with Crippen molar-refractivity contribution >= 4 is 0 Å². The lowest BCUT2D eigenvalue weighted by Crippen LogP contribution is -2.11. The molecule has 1 saturated carbocycles. The van der Waals surface area contributed by atoms with E-state index in [0.717, 1.165) is 22.3 Å². The van der Waals surface area contributed by atoms with E-state index in [-0.39, 0.29) is 17.6 Å². The molecular weight excluding hydrogens is 216 g/mol. The molecule has 1 aromatic carbocycles. The number of hydrogen-bond donors (Lipinski definition) is 3. The molecule has 0 saturated heterocycles. The van der Waals surface area contributed by atoms with Crippen molar-refractivity contribution in [1.29, 1.82) is 0 Å². The van der Waals surface area contributed by atoms with E-state index in [9.17, 15) is 15.3 Å². The number of aryl methyl sites for hydroxylation is 2. The van der Waals surface area contributed by atoms with Gasteiger partial charge in [0.15, 0.2) is 5.79 Å². The van der Waals surface area contributed by atoms with Crippen LogP contribution >= 0.6 is 0 Å². The Balaban J connectivity index is 2.44. The number of phenolic OH excluding ortho intramolecular Hbond substituents is 1. The lowest BCUT2D eigenvalue weighted by atomic mass is 9.98. The molecule has 0 bridgehead atoms. The van der Waals surface area contributed by atoms with Gasteiger partial charge in [0.25, 0.3) is 0 Å². The molecular formula is C14H18O3. The largest absolute Gasteiger partial charge is 0.508 e. The third-order valence-electron chi connectivity index (χ3n) is 3.59. The molecule has 1 aliphatic rings. The van der Waals surface area contributed by atoms with Gasteiger partial charge in [-0.25, -0.2) is 0 Å². The first-order valence-corrected chi connectivity index (χ1v) is 5.67. The summed E-state index contributed by atoms with van der Waals surface area (Å²) in [7, 11) is 0. The molecule has 1 aliphatic carbocycles. The van der Waals surface area contributed by atoms with Crippen LogP contribution < -0.4 is 0 Å². The second-order valence-corrected chi connectivity index (χ2v) is 5.08. The van der Waals surface area contributed by atoms with Gasteiger partial charge in [-0.3, -0.25) is 0 Å². The Bertz CT molecular complexity index is 488. The zero-order chi connectivity index (χ0) is 13.0. The lowest BCUT2D eigenvalue weighted by molar-refractivity contribution is -0.0828. The molecule has 0 aromatic heterocycles. The van der Waals surface area contributed by atoms with Crippen LogP contribution in [0, 0.1) is 19.8 Å². The Labute approximate surface area is 101 Å². The van der Waals surface area contributed by atoms with Gasteiger partial charge in [0.05, 0.1) is 5.92 Å². The molecule has 0 amide bonds. The zero-order valence-electron chi connectivity index (χ0n) is 10.4. The fourth-order valence-electron chi connectivity index (χ4n) is 2.58. The van der Waals surface area contributed by atoms with Crippen molar-refractivity contribution in [3.63, 3.8) is 0 Å². The van der Waals surface area contributed by atoms with Crippen LogP contribution in [0.3, 0.4) is 0 Å². The SMILES string of the molecule is C=C(C)C1C(c2cc(C)c(O)cc2C)C1(O)O. The molecule has 0 spiro atoms. The number of benzene rings is 1. The van der Waals surface area contributed by atoms with Crippen LogP contribution in [0.2, 0.25) is 0 Å². The highest BCUT2D eigenvalue weighted by atomic mass is 16.5. The third-order valence-corrected chi connectivity index (χ3v) is 3.59. The summed E-state index contributed by atoms with van der Waals surface area (Å²) >= 11 is 0. The van der Waals surface area contributed by atoms with Crippen molar-refractivity contribution < 1.29 is 15.3 Å². The van der Waals surface area contributed by atoms with Gasteiger partial charge in [-0.2, -0.15) is 0 Å². The van der Waals surface area contributed by atoms with E-state index < -0.39 is 5.79 Å². The summed E-state index contributed by atoms with van der Waals surface area (Å²) in [6, 6.07) is 3.48. The van der Waals surface area contributed by atoms with E-state index in [1.165, 1.54) is 0 Å². The molecule has 2 unspecified atom stereocenters. The summed E-state index contributed by atoms with van der Waals surface area (Å²) in [4.78, 5) is 0. The van der Waals surface area contributed by atoms with Gasteiger partial charge in [-0.15, -0.1) is 0 Å². The molecule has 0 aliphatic heterocycles. The average Bonchev–Trinajstić information content (AvgIpc) is 2.75. The van der Waals surface area contributed by atoms with Gasteiger partial charge < -0.3 is 15.3 Å². The molecule has 0 radical (unpaired) electrons. The predicted molar refractivity (Wildman–Crippen MR) is 65.8 cm³/mol. The molecule has 2 rings (SSSR count). The van der Waals surface area contributed by atoms with Crippen molar-refractivity contribution in [2.75, 3.05) is 0 Å². The maximum Gasteiger partial charge on any atom is 0.177 e. The third kappa shape index (κ3) is 1.75. The Morgan fingerprint density at radius 1 is 1.24 bits per heavy atom. The highest BCUT2D eigenvalue weighted by Gasteiger charge is 2.64. The van der Waals surface area contributed by atoms with Crippen molar-refractivity contribution in [3.8, 4) is 5.75 Å². The van der Waals surface area contributed by atoms with Gasteiger partial charge in [0, 0.05) is 5.92 Å². The van der Waals surface area contributed by atoms with E-state index in [1.807, 2.05) is 13.0 Å². The summed E-state index contributed by atoms with van der Waals surface area (Å²) in [5.74, 6) is -2.11. The Morgan fingerprint density at radius 2 is 1.82 bits per heavy atom. The smallest absolute Gasteiger partial charge is 0.177 e. The first kappa shape index (κ1) is 12.1. The Morgan fingerprint density at radius 3 is 2.29 bits per heavy atom. The molecule has 1 aromatic rings. The van der Waals surface area contributed by atoms with E-state index in [0.29, 0.717) is 0 Å². The Kier molecular flexibility index (Phi) is 2.56. The average molecular weight is 234 g/mol. The molecule has 3 N–H and O–H groups in total. The van der Waals surface area contributed by atoms with Crippen molar-refractivity contribution in [2.24, 2.45) is 5.92 Å². The van der Waals surface area contributed by atoms with Crippen LogP contribution in [-0.4, -0.2) is 21.1 Å². The summed E-state index contributed by atoms with van der Waals surface area (Å²) in [5.41, 5.74) is 3.26. The second-order valence-electron chi connectivity index (χ2n) is 5.08. The minimum Gasteiger partial charge on any atom is -0.508 e. The fraction of sp³-hybridized carbons (Fsp3) is 0.429. The van der Waals surface area contributed by atoms with Crippen LogP contribution in [0.25, 0.3) is 0 Å². The second kappa shape index (κ2) is 3.59. The van der Waals surface area contributed by atoms with Gasteiger partial charge in [0.2, 0.25) is 0 Å². The summed E-state index contributed by atoms with van der Waals surface area (Å²) < 4.78 is 0. The molecule has 3 heteroatoms. The van der Waals surface area contributed by atoms with Crippen LogP contribution in [0.15, 0.2) is 24.3 Å². The van der Waals surface area contributed by atoms with Crippen LogP contribution in [0.4, 0.5) is 0 Å². The topological polar surface area (TPSA) is 60.7 Å². The number of hydrogen-bond acceptors (Lipinski definition) is 3. The maximum absolute atomic E-state index is 9.89. The molecule has 2 atom stereocenters. The summed E-state index contributed by atoms with van der Waals surface area (Å²) in [6.45, 7) is 9.25. The first-order chi connectivity index (χ1) is 7.76. The molecule has 92 valence electrons.